The lowest BCUT2D eigenvalue weighted by molar-refractivity contribution is -0.167. The molecule has 6 nitrogen and oxygen atoms in total. The molecule has 6 heteroatoms. The maximum absolute atomic E-state index is 12.7. The maximum Gasteiger partial charge on any atom is 0.306 e. The van der Waals surface area contributed by atoms with E-state index in [4.69, 9.17) is 14.2 Å². The number of carbonyl (C=O) groups is 3. The minimum Gasteiger partial charge on any atom is -0.462 e. The SMILES string of the molecule is CC\C=C/C=C\C=C/C=C\C=C/CCCC(=O)OC(COC(=O)CCCCC/C=C\C/C=C\C/C=C\C/C=C\CC)COC(=O)CCCCC/C=C\CCCCCCCC. The van der Waals surface area contributed by atoms with Gasteiger partial charge in [-0.1, -0.05) is 187 Å². The highest BCUT2D eigenvalue weighted by molar-refractivity contribution is 5.71. The molecule has 336 valence electrons. The van der Waals surface area contributed by atoms with Gasteiger partial charge in [0, 0.05) is 19.3 Å². The number of hydrogen-bond acceptors (Lipinski definition) is 6. The van der Waals surface area contributed by atoms with E-state index >= 15 is 0 Å². The molecule has 0 fully saturated rings. The Balaban J connectivity index is 4.59. The number of rotatable bonds is 40. The van der Waals surface area contributed by atoms with E-state index < -0.39 is 12.1 Å². The maximum atomic E-state index is 12.7. The topological polar surface area (TPSA) is 78.9 Å². The predicted octanol–water partition coefficient (Wildman–Crippen LogP) is 15.4. The zero-order chi connectivity index (χ0) is 43.7. The third-order valence-corrected chi connectivity index (χ3v) is 9.31. The molecule has 0 aromatic heterocycles. The first kappa shape index (κ1) is 55.8. The summed E-state index contributed by atoms with van der Waals surface area (Å²) in [5, 5.41) is 0. The summed E-state index contributed by atoms with van der Waals surface area (Å²) in [6, 6.07) is 0. The van der Waals surface area contributed by atoms with Crippen molar-refractivity contribution in [1.82, 2.24) is 0 Å². The van der Waals surface area contributed by atoms with Crippen molar-refractivity contribution in [2.75, 3.05) is 13.2 Å². The van der Waals surface area contributed by atoms with Crippen LogP contribution in [0.3, 0.4) is 0 Å². The van der Waals surface area contributed by atoms with Crippen molar-refractivity contribution in [1.29, 1.82) is 0 Å². The standard InChI is InChI=1S/C54H84O6/c1-4-7-10-13-16-19-22-25-26-27-30-32-35-38-41-44-47-53(56)59-50-51(60-54(57)48-45-42-39-36-33-29-24-21-18-15-12-9-6-3)49-58-52(55)46-43-40-37-34-31-28-23-20-17-14-11-8-5-2/h7,9-10,12,15-16,18-19,21,24-26,28-33,36,39,51H,4-6,8,11,13-14,17,20,22-23,27,34-35,37-38,40-50H2,1-3H3/b10-7-,12-9-,18-15-,19-16-,24-21-,26-25-,31-28-,32-30-,33-29-,39-36-. The van der Waals surface area contributed by atoms with Crippen LogP contribution in [0.1, 0.15) is 181 Å². The summed E-state index contributed by atoms with van der Waals surface area (Å²) >= 11 is 0. The molecule has 0 aliphatic carbocycles. The lowest BCUT2D eigenvalue weighted by Crippen LogP contribution is -2.30. The van der Waals surface area contributed by atoms with E-state index in [0.717, 1.165) is 96.3 Å². The second-order valence-corrected chi connectivity index (χ2v) is 15.0. The second-order valence-electron chi connectivity index (χ2n) is 15.0. The Bertz CT molecular complexity index is 1320. The molecule has 0 bridgehead atoms. The van der Waals surface area contributed by atoms with E-state index in [1.807, 2.05) is 54.7 Å². The molecule has 0 aliphatic heterocycles. The Hall–Kier alpha value is -4.19. The van der Waals surface area contributed by atoms with Crippen LogP contribution < -0.4 is 0 Å². The molecule has 60 heavy (non-hydrogen) atoms. The van der Waals surface area contributed by atoms with Gasteiger partial charge in [-0.25, -0.2) is 0 Å². The average Bonchev–Trinajstić information content (AvgIpc) is 3.24. The molecule has 0 spiro atoms. The van der Waals surface area contributed by atoms with Crippen LogP contribution in [0.5, 0.6) is 0 Å². The fraction of sp³-hybridized carbons (Fsp3) is 0.574. The number of allylic oxidation sites excluding steroid dienone is 20. The van der Waals surface area contributed by atoms with Gasteiger partial charge < -0.3 is 14.2 Å². The molecule has 0 radical (unpaired) electrons. The largest absolute Gasteiger partial charge is 0.462 e. The molecule has 0 heterocycles. The van der Waals surface area contributed by atoms with Crippen LogP contribution in [0.15, 0.2) is 122 Å². The number of esters is 3. The van der Waals surface area contributed by atoms with Gasteiger partial charge in [0.15, 0.2) is 6.10 Å². The number of ether oxygens (including phenoxy) is 3. The zero-order valence-corrected chi connectivity index (χ0v) is 38.2. The van der Waals surface area contributed by atoms with E-state index in [1.165, 1.54) is 38.5 Å². The van der Waals surface area contributed by atoms with Crippen molar-refractivity contribution in [3.8, 4) is 0 Å². The van der Waals surface area contributed by atoms with Crippen molar-refractivity contribution in [3.05, 3.63) is 122 Å². The first-order valence-corrected chi connectivity index (χ1v) is 23.6. The molecule has 0 rings (SSSR count). The molecule has 0 aromatic carbocycles. The molecule has 0 amide bonds. The van der Waals surface area contributed by atoms with Crippen LogP contribution in [0, 0.1) is 0 Å². The first-order valence-electron chi connectivity index (χ1n) is 23.6. The van der Waals surface area contributed by atoms with Crippen molar-refractivity contribution >= 4 is 17.9 Å². The second kappa shape index (κ2) is 47.5. The van der Waals surface area contributed by atoms with Crippen LogP contribution in [-0.4, -0.2) is 37.2 Å². The molecule has 0 saturated carbocycles. The summed E-state index contributed by atoms with van der Waals surface area (Å²) in [6.45, 7) is 6.23. The number of hydrogen-bond donors (Lipinski definition) is 0. The smallest absolute Gasteiger partial charge is 0.306 e. The van der Waals surface area contributed by atoms with Crippen LogP contribution in [-0.2, 0) is 28.6 Å². The van der Waals surface area contributed by atoms with Gasteiger partial charge in [0.1, 0.15) is 13.2 Å². The molecule has 1 atom stereocenters. The Morgan fingerprint density at radius 3 is 1.27 bits per heavy atom. The van der Waals surface area contributed by atoms with Crippen LogP contribution in [0.4, 0.5) is 0 Å². The van der Waals surface area contributed by atoms with Gasteiger partial charge in [0.2, 0.25) is 0 Å². The first-order chi connectivity index (χ1) is 29.5. The van der Waals surface area contributed by atoms with Crippen LogP contribution in [0.2, 0.25) is 0 Å². The lowest BCUT2D eigenvalue weighted by atomic mass is 10.1. The normalized spacial score (nSPS) is 13.2. The van der Waals surface area contributed by atoms with Crippen molar-refractivity contribution in [2.45, 2.75) is 187 Å². The van der Waals surface area contributed by atoms with Gasteiger partial charge in [-0.15, -0.1) is 0 Å². The summed E-state index contributed by atoms with van der Waals surface area (Å²) in [7, 11) is 0. The van der Waals surface area contributed by atoms with E-state index in [0.29, 0.717) is 19.3 Å². The van der Waals surface area contributed by atoms with Crippen LogP contribution >= 0.6 is 0 Å². The van der Waals surface area contributed by atoms with Gasteiger partial charge in [-0.2, -0.15) is 0 Å². The summed E-state index contributed by atoms with van der Waals surface area (Å²) < 4.78 is 16.6. The van der Waals surface area contributed by atoms with Crippen LogP contribution in [0.25, 0.3) is 0 Å². The van der Waals surface area contributed by atoms with Gasteiger partial charge in [0.05, 0.1) is 0 Å². The molecule has 0 aromatic rings. The molecular weight excluding hydrogens is 745 g/mol. The minimum atomic E-state index is -0.836. The predicted molar refractivity (Wildman–Crippen MR) is 256 cm³/mol. The average molecular weight is 829 g/mol. The van der Waals surface area contributed by atoms with E-state index in [-0.39, 0.29) is 31.6 Å². The third-order valence-electron chi connectivity index (χ3n) is 9.31. The summed E-state index contributed by atoms with van der Waals surface area (Å²) in [5.74, 6) is -1.06. The zero-order valence-electron chi connectivity index (χ0n) is 38.2. The van der Waals surface area contributed by atoms with Gasteiger partial charge >= 0.3 is 17.9 Å². The highest BCUT2D eigenvalue weighted by Crippen LogP contribution is 2.11. The van der Waals surface area contributed by atoms with E-state index in [1.54, 1.807) is 0 Å². The van der Waals surface area contributed by atoms with E-state index in [9.17, 15) is 14.4 Å². The van der Waals surface area contributed by atoms with Gasteiger partial charge in [0.25, 0.3) is 0 Å². The molecule has 1 unspecified atom stereocenters. The fourth-order valence-corrected chi connectivity index (χ4v) is 5.81. The summed E-state index contributed by atoms with van der Waals surface area (Å²) in [5.41, 5.74) is 0. The Morgan fingerprint density at radius 1 is 0.367 bits per heavy atom. The highest BCUT2D eigenvalue weighted by atomic mass is 16.6. The van der Waals surface area contributed by atoms with Crippen molar-refractivity contribution < 1.29 is 28.6 Å². The van der Waals surface area contributed by atoms with E-state index in [2.05, 4.69) is 87.6 Å². The quantitative estimate of drug-likeness (QED) is 0.0201. The monoisotopic (exact) mass is 829 g/mol. The fourth-order valence-electron chi connectivity index (χ4n) is 5.81. The third kappa shape index (κ3) is 44.9. The molecular formula is C54H84O6. The number of carbonyl (C=O) groups excluding carboxylic acids is 3. The minimum absolute atomic E-state index is 0.129. The molecule has 0 aliphatic rings. The van der Waals surface area contributed by atoms with Gasteiger partial charge in [-0.3, -0.25) is 14.4 Å². The molecule has 0 saturated heterocycles. The Morgan fingerprint density at radius 2 is 0.750 bits per heavy atom. The highest BCUT2D eigenvalue weighted by Gasteiger charge is 2.19. The van der Waals surface area contributed by atoms with Crippen molar-refractivity contribution in [3.63, 3.8) is 0 Å². The Labute approximate surface area is 367 Å². The van der Waals surface area contributed by atoms with Crippen molar-refractivity contribution in [2.24, 2.45) is 0 Å². The Kier molecular flexibility index (Phi) is 44.2. The van der Waals surface area contributed by atoms with Gasteiger partial charge in [-0.05, 0) is 96.3 Å². The lowest BCUT2D eigenvalue weighted by Gasteiger charge is -2.18. The molecule has 0 N–H and O–H groups in total. The number of unbranched alkanes of at least 4 members (excludes halogenated alkanes) is 13. The summed E-state index contributed by atoms with van der Waals surface area (Å²) in [6.07, 6.45) is 64.7. The summed E-state index contributed by atoms with van der Waals surface area (Å²) in [4.78, 5) is 37.8.